The van der Waals surface area contributed by atoms with Gasteiger partial charge in [-0.25, -0.2) is 18.2 Å². The Hall–Kier alpha value is -2.34. The molecule has 3 nitrogen and oxygen atoms in total. The van der Waals surface area contributed by atoms with E-state index in [4.69, 9.17) is 11.6 Å². The van der Waals surface area contributed by atoms with E-state index in [1.54, 1.807) is 6.92 Å². The van der Waals surface area contributed by atoms with Crippen molar-refractivity contribution in [1.82, 2.24) is 9.55 Å². The number of halogens is 4. The van der Waals surface area contributed by atoms with Gasteiger partial charge in [-0.05, 0) is 24.3 Å². The van der Waals surface area contributed by atoms with Gasteiger partial charge in [-0.15, -0.1) is 0 Å². The van der Waals surface area contributed by atoms with Crippen LogP contribution in [0, 0.1) is 17.5 Å². The second-order valence-electron chi connectivity index (χ2n) is 4.87. The van der Waals surface area contributed by atoms with Gasteiger partial charge >= 0.3 is 0 Å². The third kappa shape index (κ3) is 2.49. The molecule has 0 fully saturated rings. The first kappa shape index (κ1) is 15.6. The van der Waals surface area contributed by atoms with Crippen molar-refractivity contribution < 1.29 is 13.2 Å². The maximum Gasteiger partial charge on any atom is 0.267 e. The van der Waals surface area contributed by atoms with Gasteiger partial charge in [-0.2, -0.15) is 0 Å². The molecule has 0 saturated carbocycles. The van der Waals surface area contributed by atoms with Crippen LogP contribution in [0.25, 0.3) is 16.6 Å². The SMILES string of the molecule is CCc1nc2ccc(F)c(Cl)c2c(=O)n1-c1cc(F)ccc1F. The van der Waals surface area contributed by atoms with Gasteiger partial charge in [0.15, 0.2) is 0 Å². The Labute approximate surface area is 134 Å². The largest absolute Gasteiger partial charge is 0.268 e. The van der Waals surface area contributed by atoms with Crippen molar-refractivity contribution in [2.45, 2.75) is 13.3 Å². The Morgan fingerprint density at radius 2 is 1.83 bits per heavy atom. The van der Waals surface area contributed by atoms with E-state index in [-0.39, 0.29) is 28.8 Å². The van der Waals surface area contributed by atoms with Gasteiger partial charge in [-0.3, -0.25) is 9.36 Å². The molecular formula is C16H10ClF3N2O. The van der Waals surface area contributed by atoms with Gasteiger partial charge in [0.2, 0.25) is 0 Å². The zero-order valence-corrected chi connectivity index (χ0v) is 12.7. The van der Waals surface area contributed by atoms with E-state index in [9.17, 15) is 18.0 Å². The van der Waals surface area contributed by atoms with Crippen molar-refractivity contribution in [3.8, 4) is 5.69 Å². The fourth-order valence-electron chi connectivity index (χ4n) is 2.40. The van der Waals surface area contributed by atoms with Crippen molar-refractivity contribution in [3.63, 3.8) is 0 Å². The molecular weight excluding hydrogens is 329 g/mol. The topological polar surface area (TPSA) is 34.9 Å². The molecule has 1 heterocycles. The molecule has 0 spiro atoms. The summed E-state index contributed by atoms with van der Waals surface area (Å²) in [6.45, 7) is 1.71. The van der Waals surface area contributed by atoms with Gasteiger partial charge in [0.25, 0.3) is 5.56 Å². The molecule has 0 bridgehead atoms. The van der Waals surface area contributed by atoms with Crippen molar-refractivity contribution in [2.75, 3.05) is 0 Å². The summed E-state index contributed by atoms with van der Waals surface area (Å²) in [6.07, 6.45) is 0.288. The van der Waals surface area contributed by atoms with Gasteiger partial charge in [-0.1, -0.05) is 18.5 Å². The summed E-state index contributed by atoms with van der Waals surface area (Å²) in [5.74, 6) is -2.07. The van der Waals surface area contributed by atoms with Crippen molar-refractivity contribution in [1.29, 1.82) is 0 Å². The number of hydrogen-bond acceptors (Lipinski definition) is 2. The molecule has 0 atom stereocenters. The van der Waals surface area contributed by atoms with Crippen LogP contribution in [0.4, 0.5) is 13.2 Å². The highest BCUT2D eigenvalue weighted by Gasteiger charge is 2.18. The molecule has 2 aromatic carbocycles. The normalized spacial score (nSPS) is 11.2. The lowest BCUT2D eigenvalue weighted by atomic mass is 10.2. The summed E-state index contributed by atoms with van der Waals surface area (Å²) < 4.78 is 42.1. The minimum Gasteiger partial charge on any atom is -0.268 e. The van der Waals surface area contributed by atoms with Crippen LogP contribution in [0.3, 0.4) is 0 Å². The molecule has 0 aliphatic heterocycles. The van der Waals surface area contributed by atoms with Gasteiger partial charge in [0, 0.05) is 12.5 Å². The first-order chi connectivity index (χ1) is 10.9. The van der Waals surface area contributed by atoms with Crippen LogP contribution in [0.2, 0.25) is 5.02 Å². The van der Waals surface area contributed by atoms with Crippen molar-refractivity contribution in [3.05, 3.63) is 69.0 Å². The number of rotatable bonds is 2. The van der Waals surface area contributed by atoms with E-state index < -0.39 is 28.0 Å². The minimum atomic E-state index is -0.795. The summed E-state index contributed by atoms with van der Waals surface area (Å²) in [4.78, 5) is 17.0. The van der Waals surface area contributed by atoms with Crippen molar-refractivity contribution >= 4 is 22.5 Å². The highest BCUT2D eigenvalue weighted by atomic mass is 35.5. The molecule has 23 heavy (non-hydrogen) atoms. The Balaban J connectivity index is 2.49. The highest BCUT2D eigenvalue weighted by Crippen LogP contribution is 2.24. The summed E-state index contributed by atoms with van der Waals surface area (Å²) in [5.41, 5.74) is -0.839. The monoisotopic (exact) mass is 338 g/mol. The summed E-state index contributed by atoms with van der Waals surface area (Å²) in [7, 11) is 0. The third-order valence-corrected chi connectivity index (χ3v) is 3.83. The van der Waals surface area contributed by atoms with Crippen LogP contribution >= 0.6 is 11.6 Å². The van der Waals surface area contributed by atoms with Crippen LogP contribution in [-0.2, 0) is 6.42 Å². The highest BCUT2D eigenvalue weighted by molar-refractivity contribution is 6.35. The number of aromatic nitrogens is 2. The van der Waals surface area contributed by atoms with Crippen LogP contribution in [-0.4, -0.2) is 9.55 Å². The summed E-state index contributed by atoms with van der Waals surface area (Å²) >= 11 is 5.86. The molecule has 0 N–H and O–H groups in total. The van der Waals surface area contributed by atoms with E-state index in [0.29, 0.717) is 0 Å². The smallest absolute Gasteiger partial charge is 0.267 e. The molecule has 0 saturated heterocycles. The maximum atomic E-state index is 14.1. The van der Waals surface area contributed by atoms with Gasteiger partial charge < -0.3 is 0 Å². The van der Waals surface area contributed by atoms with E-state index in [1.807, 2.05) is 0 Å². The lowest BCUT2D eigenvalue weighted by Crippen LogP contribution is -2.25. The second-order valence-corrected chi connectivity index (χ2v) is 5.25. The van der Waals surface area contributed by atoms with E-state index in [2.05, 4.69) is 4.98 Å². The van der Waals surface area contributed by atoms with Crippen LogP contribution in [0.1, 0.15) is 12.7 Å². The van der Waals surface area contributed by atoms with Crippen LogP contribution in [0.5, 0.6) is 0 Å². The zero-order chi connectivity index (χ0) is 16.7. The number of nitrogens with zero attached hydrogens (tertiary/aromatic N) is 2. The lowest BCUT2D eigenvalue weighted by molar-refractivity contribution is 0.587. The Morgan fingerprint density at radius 3 is 2.52 bits per heavy atom. The molecule has 3 aromatic rings. The number of fused-ring (bicyclic) bond motifs is 1. The molecule has 0 amide bonds. The standard InChI is InChI=1S/C16H10ClF3N2O/c1-2-13-21-11-6-5-10(20)15(17)14(11)16(23)22(13)12-7-8(18)3-4-9(12)19/h3-7H,2H2,1H3. The quantitative estimate of drug-likeness (QED) is 0.707. The molecule has 0 unspecified atom stereocenters. The summed E-state index contributed by atoms with van der Waals surface area (Å²) in [5, 5.41) is -0.569. The van der Waals surface area contributed by atoms with Crippen LogP contribution in [0.15, 0.2) is 35.1 Å². The van der Waals surface area contributed by atoms with Gasteiger partial charge in [0.1, 0.15) is 23.3 Å². The second kappa shape index (κ2) is 5.70. The first-order valence-electron chi connectivity index (χ1n) is 6.79. The molecule has 0 aliphatic rings. The Morgan fingerprint density at radius 1 is 1.13 bits per heavy atom. The molecule has 7 heteroatoms. The fourth-order valence-corrected chi connectivity index (χ4v) is 2.64. The Kier molecular flexibility index (Phi) is 3.85. The summed E-state index contributed by atoms with van der Waals surface area (Å²) in [6, 6.07) is 5.16. The van der Waals surface area contributed by atoms with E-state index in [1.165, 1.54) is 6.07 Å². The number of aryl methyl sites for hydroxylation is 1. The number of benzene rings is 2. The van der Waals surface area contributed by atoms with Crippen LogP contribution < -0.4 is 5.56 Å². The fraction of sp³-hybridized carbons (Fsp3) is 0.125. The third-order valence-electron chi connectivity index (χ3n) is 3.46. The average molecular weight is 339 g/mol. The lowest BCUT2D eigenvalue weighted by Gasteiger charge is -2.14. The molecule has 0 radical (unpaired) electrons. The van der Waals surface area contributed by atoms with Gasteiger partial charge in [0.05, 0.1) is 21.6 Å². The maximum absolute atomic E-state index is 14.1. The van der Waals surface area contributed by atoms with Crippen molar-refractivity contribution in [2.24, 2.45) is 0 Å². The minimum absolute atomic E-state index is 0.174. The molecule has 118 valence electrons. The first-order valence-corrected chi connectivity index (χ1v) is 7.17. The molecule has 1 aromatic heterocycles. The van der Waals surface area contributed by atoms with E-state index in [0.717, 1.165) is 28.8 Å². The predicted octanol–water partition coefficient (Wildman–Crippen LogP) is 4.02. The Bertz CT molecular complexity index is 985. The molecule has 3 rings (SSSR count). The van der Waals surface area contributed by atoms with E-state index >= 15 is 0 Å². The number of hydrogen-bond donors (Lipinski definition) is 0. The predicted molar refractivity (Wildman–Crippen MR) is 81.6 cm³/mol. The average Bonchev–Trinajstić information content (AvgIpc) is 2.53. The zero-order valence-electron chi connectivity index (χ0n) is 11.9. The molecule has 0 aliphatic carbocycles.